The van der Waals surface area contributed by atoms with Crippen LogP contribution in [0.2, 0.25) is 0 Å². The summed E-state index contributed by atoms with van der Waals surface area (Å²) in [5, 5.41) is 184. The molecule has 0 aromatic rings. The number of aliphatic hydroxyl groups is 17. The van der Waals surface area contributed by atoms with Crippen LogP contribution >= 0.6 is 7.82 Å². The fourth-order valence-electron chi connectivity index (χ4n) is 9.53. The summed E-state index contributed by atoms with van der Waals surface area (Å²) in [7, 11) is -3.98. The third kappa shape index (κ3) is 17.4. The Kier molecular flexibility index (Phi) is 26.4. The van der Waals surface area contributed by atoms with Crippen molar-refractivity contribution in [2.75, 3.05) is 53.4 Å². The van der Waals surface area contributed by atoms with Gasteiger partial charge in [-0.3, -0.25) is 25.0 Å². The number of aliphatic hydroxyl groups excluding tert-OH is 17. The second-order valence-corrected chi connectivity index (χ2v) is 21.4. The summed E-state index contributed by atoms with van der Waals surface area (Å²) in [4.78, 5) is 42.5. The molecule has 0 aliphatic carbocycles. The van der Waals surface area contributed by atoms with Crippen molar-refractivity contribution in [2.45, 2.75) is 210 Å². The molecule has 6 fully saturated rings. The summed E-state index contributed by atoms with van der Waals surface area (Å²) >= 11 is 0. The van der Waals surface area contributed by atoms with Crippen LogP contribution in [0.1, 0.15) is 26.2 Å². The summed E-state index contributed by atoms with van der Waals surface area (Å²) in [5.41, 5.74) is 4.23. The first-order valence-electron chi connectivity index (χ1n) is 26.1. The van der Waals surface area contributed by atoms with Gasteiger partial charge in [0.2, 0.25) is 5.91 Å². The van der Waals surface area contributed by atoms with Gasteiger partial charge >= 0.3 is 7.82 Å². The lowest BCUT2D eigenvalue weighted by Crippen LogP contribution is -2.67. The largest absolute Gasteiger partial charge is 0.469 e. The van der Waals surface area contributed by atoms with Crippen molar-refractivity contribution < 1.29 is 177 Å². The molecule has 6 heterocycles. The van der Waals surface area contributed by atoms with E-state index in [0.29, 0.717) is 0 Å². The maximum absolute atomic E-state index is 12.4. The molecular formula is C44H77N2O36P. The van der Waals surface area contributed by atoms with Gasteiger partial charge < -0.3 is 158 Å². The molecule has 0 aromatic heterocycles. The van der Waals surface area contributed by atoms with E-state index in [4.69, 9.17) is 56.8 Å². The van der Waals surface area contributed by atoms with Crippen LogP contribution in [-0.2, 0) is 80.3 Å². The zero-order valence-electron chi connectivity index (χ0n) is 44.3. The van der Waals surface area contributed by atoms with Crippen molar-refractivity contribution in [3.05, 3.63) is 0 Å². The maximum atomic E-state index is 12.4. The maximum Gasteiger partial charge on any atom is 0.469 e. The van der Waals surface area contributed by atoms with E-state index >= 15 is 0 Å². The first-order chi connectivity index (χ1) is 39.2. The minimum absolute atomic E-state index is 0.112. The lowest BCUT2D eigenvalue weighted by atomic mass is 9.96. The molecule has 21 N–H and O–H groups in total. The highest BCUT2D eigenvalue weighted by Crippen LogP contribution is 2.39. The fourth-order valence-corrected chi connectivity index (χ4v) is 9.87. The quantitative estimate of drug-likeness (QED) is 0.0229. The van der Waals surface area contributed by atoms with E-state index in [0.717, 1.165) is 0 Å². The summed E-state index contributed by atoms with van der Waals surface area (Å²) in [6, 6.07) is 0. The fraction of sp³-hybridized carbons (Fsp3) is 0.955. The highest BCUT2D eigenvalue weighted by molar-refractivity contribution is 7.46. The van der Waals surface area contributed by atoms with E-state index in [1.807, 2.05) is 0 Å². The van der Waals surface area contributed by atoms with Gasteiger partial charge in [-0.2, -0.15) is 0 Å². The zero-order valence-corrected chi connectivity index (χ0v) is 45.2. The third-order valence-electron chi connectivity index (χ3n) is 14.3. The molecule has 6 aliphatic heterocycles. The minimum Gasteiger partial charge on any atom is -0.394 e. The molecule has 0 radical (unpaired) electrons. The van der Waals surface area contributed by atoms with Crippen molar-refractivity contribution in [3.8, 4) is 0 Å². The van der Waals surface area contributed by atoms with Gasteiger partial charge in [0.05, 0.1) is 45.7 Å². The average molecular weight is 1240 g/mol. The first-order valence-corrected chi connectivity index (χ1v) is 27.6. The van der Waals surface area contributed by atoms with Crippen LogP contribution in [-0.4, -0.2) is 346 Å². The van der Waals surface area contributed by atoms with E-state index in [1.165, 1.54) is 7.11 Å². The number of nitrogens with one attached hydrogen (secondary N) is 2. The second-order valence-electron chi connectivity index (χ2n) is 20.1. The second kappa shape index (κ2) is 31.3. The molecule has 2 amide bonds. The van der Waals surface area contributed by atoms with Gasteiger partial charge in [0.15, 0.2) is 37.7 Å². The Morgan fingerprint density at radius 2 is 0.831 bits per heavy atom. The van der Waals surface area contributed by atoms with Gasteiger partial charge in [0.1, 0.15) is 147 Å². The van der Waals surface area contributed by atoms with Gasteiger partial charge in [-0.05, 0) is 12.8 Å². The van der Waals surface area contributed by atoms with E-state index in [-0.39, 0.29) is 25.9 Å². The molecule has 6 rings (SSSR count). The lowest BCUT2D eigenvalue weighted by molar-refractivity contribution is -0.391. The Labute approximate surface area is 470 Å². The molecular weight excluding hydrogens is 1160 g/mol. The number of amides is 2. The number of methoxy groups -OCH3 is 1. The number of phosphoric acid groups is 1. The monoisotopic (exact) mass is 1240 g/mol. The Morgan fingerprint density at radius 3 is 1.35 bits per heavy atom. The molecule has 83 heavy (non-hydrogen) atoms. The Balaban J connectivity index is 1.20. The van der Waals surface area contributed by atoms with Crippen molar-refractivity contribution in [3.63, 3.8) is 0 Å². The van der Waals surface area contributed by atoms with Gasteiger partial charge in [0, 0.05) is 13.5 Å². The summed E-state index contributed by atoms with van der Waals surface area (Å²) < 4.78 is 89.1. The molecule has 0 bridgehead atoms. The number of ether oxygens (including phenoxy) is 13. The molecule has 6 aliphatic rings. The van der Waals surface area contributed by atoms with Crippen LogP contribution in [0.3, 0.4) is 0 Å². The molecule has 12 unspecified atom stereocenters. The minimum atomic E-state index is -5.22. The topological polar surface area (TPSA) is 589 Å². The van der Waals surface area contributed by atoms with Crippen molar-refractivity contribution in [1.29, 1.82) is 0 Å². The smallest absolute Gasteiger partial charge is 0.394 e. The molecule has 0 saturated carbocycles. The summed E-state index contributed by atoms with van der Waals surface area (Å²) in [6.07, 6.45) is -58.4. The molecule has 6 saturated heterocycles. The number of carbonyl (C=O) groups is 2. The van der Waals surface area contributed by atoms with Crippen molar-refractivity contribution >= 4 is 19.6 Å². The SMILES string of the molecule is CCC1O[C@@H](OC2[C@@H](OCC3O[C@H](OCC4O[C@@H](OCCCC(=O)NNC(=O)COC)C(O)[C@@H](O[C@H]5OC(CO)[C@@H](O)[C@H](O)C5O[C@H]5OC(COP(=O)(O)O)[C@@H](O)[C@H](O)C5O)[C@@H]4O)C(O)[C@@H](O)[C@@H]3O)OC(CO)[C@@H](O)[C@@H]2O)C(O)[C@@H](O)[C@@H]1O. The van der Waals surface area contributed by atoms with Crippen molar-refractivity contribution in [1.82, 2.24) is 10.9 Å². The first kappa shape index (κ1) is 69.9. The van der Waals surface area contributed by atoms with Crippen LogP contribution in [0.15, 0.2) is 0 Å². The van der Waals surface area contributed by atoms with Gasteiger partial charge in [-0.25, -0.2) is 4.57 Å². The molecule has 0 spiro atoms. The van der Waals surface area contributed by atoms with Crippen LogP contribution in [0.25, 0.3) is 0 Å². The molecule has 39 heteroatoms. The summed E-state index contributed by atoms with van der Waals surface area (Å²) in [5.74, 6) is -1.41. The number of hydrogen-bond acceptors (Lipinski definition) is 34. The predicted molar refractivity (Wildman–Crippen MR) is 254 cm³/mol. The summed E-state index contributed by atoms with van der Waals surface area (Å²) in [6.45, 7) is -4.06. The van der Waals surface area contributed by atoms with Gasteiger partial charge in [0.25, 0.3) is 5.91 Å². The standard InChI is InChI=1S/C44H77N2O36P/c1-3-13-21(51)27(57)33(63)41(74-13)81-37-30(60)22(52)14(7-47)75-43(37)72-9-16-24(54)28(58)32(62)39(77-16)71-10-17-26(56)36(35(65)40(78-17)70-6-4-5-19(49)45-46-20(50)12-69-2)80-44-38(31(61)23(53)15(8-48)76-44)82-42-34(64)29(59)25(55)18(79-42)11-73-83(66,67)68/h13-18,21-44,47-48,51-65H,3-12H2,1-2H3,(H,45,49)(H,46,50)(H2,66,67,68)/t13?,14?,15?,16?,17?,18?,21-,22-,23-,24-,25-,26-,27+,28+,29+,30+,31+,32?,33?,34?,35?,36+,37?,38?,39+,40-,41+,42-,43+,44-/m1/s1. The number of hydrazine groups is 1. The third-order valence-corrected chi connectivity index (χ3v) is 14.8. The Bertz CT molecular complexity index is 2040. The number of hydrogen-bond donors (Lipinski definition) is 21. The molecule has 0 aromatic carbocycles. The normalized spacial score (nSPS) is 45.4. The van der Waals surface area contributed by atoms with Crippen LogP contribution in [0.4, 0.5) is 0 Å². The van der Waals surface area contributed by atoms with E-state index in [2.05, 4.69) is 20.1 Å². The van der Waals surface area contributed by atoms with Crippen LogP contribution in [0, 0.1) is 0 Å². The lowest BCUT2D eigenvalue weighted by Gasteiger charge is -2.48. The van der Waals surface area contributed by atoms with Crippen LogP contribution < -0.4 is 10.9 Å². The van der Waals surface area contributed by atoms with E-state index in [9.17, 15) is 111 Å². The van der Waals surface area contributed by atoms with E-state index in [1.54, 1.807) is 6.92 Å². The Morgan fingerprint density at radius 1 is 0.434 bits per heavy atom. The number of rotatable bonds is 25. The molecule has 38 nitrogen and oxygen atoms in total. The molecule has 484 valence electrons. The zero-order chi connectivity index (χ0) is 61.4. The van der Waals surface area contributed by atoms with Gasteiger partial charge in [-0.15, -0.1) is 0 Å². The highest BCUT2D eigenvalue weighted by Gasteiger charge is 2.56. The molecule has 30 atom stereocenters. The van der Waals surface area contributed by atoms with E-state index < -0.39 is 244 Å². The highest BCUT2D eigenvalue weighted by atomic mass is 31.2. The van der Waals surface area contributed by atoms with Crippen molar-refractivity contribution in [2.24, 2.45) is 0 Å². The van der Waals surface area contributed by atoms with Crippen LogP contribution in [0.5, 0.6) is 0 Å². The number of carbonyl (C=O) groups excluding carboxylic acids is 2. The predicted octanol–water partition coefficient (Wildman–Crippen LogP) is -13.0. The van der Waals surface area contributed by atoms with Gasteiger partial charge in [-0.1, -0.05) is 6.92 Å². The average Bonchev–Trinajstić information content (AvgIpc) is 3.58. The Hall–Kier alpha value is -2.15. The number of phosphoric ester groups is 1.